The minimum absolute atomic E-state index is 0.0518. The molecule has 0 bridgehead atoms. The Hall–Kier alpha value is -0.850. The number of hydrogen-bond donors (Lipinski definition) is 2. The van der Waals surface area contributed by atoms with Crippen molar-refractivity contribution in [3.05, 3.63) is 11.1 Å². The van der Waals surface area contributed by atoms with Gasteiger partial charge in [0.05, 0.1) is 18.2 Å². The summed E-state index contributed by atoms with van der Waals surface area (Å²) in [5, 5.41) is 0. The van der Waals surface area contributed by atoms with Gasteiger partial charge >= 0.3 is 7.82 Å². The topological polar surface area (TPSA) is 104 Å². The Kier molecular flexibility index (Phi) is 4.35. The number of aldehydes is 1. The molecule has 2 N–H and O–H groups in total. The first-order valence-corrected chi connectivity index (χ1v) is 6.41. The third kappa shape index (κ3) is 3.55. The Bertz CT molecular complexity index is 412. The Balaban J connectivity index is 2.93. The van der Waals surface area contributed by atoms with Gasteiger partial charge in [0.15, 0.2) is 12.1 Å². The molecule has 7 nitrogen and oxygen atoms in total. The molecule has 0 spiro atoms. The zero-order valence-electron chi connectivity index (χ0n) is 9.49. The van der Waals surface area contributed by atoms with Crippen molar-refractivity contribution in [1.29, 1.82) is 0 Å². The number of hydrogen-bond acceptors (Lipinski definition) is 5. The lowest BCUT2D eigenvalue weighted by Crippen LogP contribution is -2.43. The highest BCUT2D eigenvalue weighted by Gasteiger charge is 2.31. The lowest BCUT2D eigenvalue weighted by atomic mass is 9.95. The molecule has 0 fully saturated rings. The fourth-order valence-corrected chi connectivity index (χ4v) is 1.87. The summed E-state index contributed by atoms with van der Waals surface area (Å²) in [6, 6.07) is -0.422. The van der Waals surface area contributed by atoms with E-state index < -0.39 is 20.5 Å². The number of likely N-dealkylation sites (N-methyl/N-ethyl adjacent to an activating group) is 1. The average molecular weight is 263 g/mol. The summed E-state index contributed by atoms with van der Waals surface area (Å²) in [7, 11) is -2.92. The van der Waals surface area contributed by atoms with Crippen LogP contribution in [0.4, 0.5) is 0 Å². The molecule has 0 aromatic carbocycles. The molecule has 8 heteroatoms. The SMILES string of the molecule is CC1C(=O)C(C=O)=C(COP(=O)(O)O)CN1C. The number of carbonyl (C=O) groups is 2. The molecular weight excluding hydrogens is 249 g/mol. The van der Waals surface area contributed by atoms with Gasteiger partial charge < -0.3 is 9.79 Å². The van der Waals surface area contributed by atoms with Gasteiger partial charge in [-0.25, -0.2) is 4.57 Å². The van der Waals surface area contributed by atoms with Crippen LogP contribution in [0.25, 0.3) is 0 Å². The summed E-state index contributed by atoms with van der Waals surface area (Å²) in [5.41, 5.74) is 0.234. The molecule has 0 aromatic rings. The maximum Gasteiger partial charge on any atom is 0.469 e. The highest BCUT2D eigenvalue weighted by Crippen LogP contribution is 2.36. The largest absolute Gasteiger partial charge is 0.469 e. The van der Waals surface area contributed by atoms with Crippen molar-refractivity contribution in [1.82, 2.24) is 4.90 Å². The van der Waals surface area contributed by atoms with Crippen LogP contribution in [0.1, 0.15) is 6.92 Å². The van der Waals surface area contributed by atoms with Crippen LogP contribution < -0.4 is 0 Å². The van der Waals surface area contributed by atoms with E-state index in [2.05, 4.69) is 4.52 Å². The highest BCUT2D eigenvalue weighted by atomic mass is 31.2. The molecule has 0 saturated heterocycles. The van der Waals surface area contributed by atoms with E-state index in [1.54, 1.807) is 18.9 Å². The number of phosphoric acid groups is 1. The van der Waals surface area contributed by atoms with E-state index >= 15 is 0 Å². The number of Topliss-reactive ketones (excluding diaryl/α,β-unsaturated/α-hetero) is 1. The van der Waals surface area contributed by atoms with Crippen LogP contribution in [-0.2, 0) is 18.7 Å². The van der Waals surface area contributed by atoms with E-state index in [1.807, 2.05) is 0 Å². The Morgan fingerprint density at radius 2 is 2.18 bits per heavy atom. The molecule has 17 heavy (non-hydrogen) atoms. The molecule has 1 aliphatic heterocycles. The third-order valence-corrected chi connectivity index (χ3v) is 3.12. The standard InChI is InChI=1S/C9H14NO6P/c1-6-9(12)8(4-11)7(3-10(6)2)5-16-17(13,14)15/h4,6H,3,5H2,1-2H3,(H2,13,14,15). The van der Waals surface area contributed by atoms with Crippen molar-refractivity contribution >= 4 is 19.9 Å². The fraction of sp³-hybridized carbons (Fsp3) is 0.556. The molecule has 1 unspecified atom stereocenters. The summed E-state index contributed by atoms with van der Waals surface area (Å²) in [6.45, 7) is 1.49. The number of nitrogens with zero attached hydrogens (tertiary/aromatic N) is 1. The summed E-state index contributed by atoms with van der Waals surface area (Å²) in [4.78, 5) is 41.3. The molecule has 96 valence electrons. The maximum atomic E-state index is 11.7. The van der Waals surface area contributed by atoms with Crippen LogP contribution in [-0.4, -0.2) is 53.0 Å². The molecule has 0 radical (unpaired) electrons. The van der Waals surface area contributed by atoms with Crippen LogP contribution in [0, 0.1) is 0 Å². The highest BCUT2D eigenvalue weighted by molar-refractivity contribution is 7.46. The first kappa shape index (κ1) is 14.2. The number of rotatable bonds is 4. The Morgan fingerprint density at radius 1 is 1.59 bits per heavy atom. The average Bonchev–Trinajstić information content (AvgIpc) is 2.22. The fourth-order valence-electron chi connectivity index (χ4n) is 1.55. The van der Waals surface area contributed by atoms with Gasteiger partial charge in [-0.2, -0.15) is 0 Å². The normalized spacial score (nSPS) is 23.1. The number of ketones is 1. The van der Waals surface area contributed by atoms with Crippen molar-refractivity contribution in [2.45, 2.75) is 13.0 Å². The molecule has 0 aromatic heterocycles. The molecule has 0 saturated carbocycles. The zero-order valence-corrected chi connectivity index (χ0v) is 10.4. The lowest BCUT2D eigenvalue weighted by Gasteiger charge is -2.30. The maximum absolute atomic E-state index is 11.7. The first-order chi connectivity index (χ1) is 7.76. The lowest BCUT2D eigenvalue weighted by molar-refractivity contribution is -0.122. The van der Waals surface area contributed by atoms with Gasteiger partial charge in [0, 0.05) is 6.54 Å². The van der Waals surface area contributed by atoms with Gasteiger partial charge in [0.25, 0.3) is 0 Å². The van der Waals surface area contributed by atoms with Gasteiger partial charge in [-0.15, -0.1) is 0 Å². The van der Waals surface area contributed by atoms with E-state index in [0.29, 0.717) is 6.29 Å². The van der Waals surface area contributed by atoms with Crippen molar-refractivity contribution in [3.63, 3.8) is 0 Å². The number of carbonyl (C=O) groups excluding carboxylic acids is 2. The minimum Gasteiger partial charge on any atom is -0.303 e. The molecule has 0 amide bonds. The van der Waals surface area contributed by atoms with Gasteiger partial charge in [0.1, 0.15) is 0 Å². The second kappa shape index (κ2) is 5.20. The first-order valence-electron chi connectivity index (χ1n) is 4.88. The summed E-state index contributed by atoms with van der Waals surface area (Å²) in [5.74, 6) is -0.363. The number of phosphoric ester groups is 1. The van der Waals surface area contributed by atoms with E-state index in [9.17, 15) is 14.2 Å². The van der Waals surface area contributed by atoms with Crippen LogP contribution >= 0.6 is 7.82 Å². The van der Waals surface area contributed by atoms with Gasteiger partial charge in [0.2, 0.25) is 0 Å². The van der Waals surface area contributed by atoms with Crippen molar-refractivity contribution in [3.8, 4) is 0 Å². The van der Waals surface area contributed by atoms with Crippen LogP contribution in [0.5, 0.6) is 0 Å². The molecular formula is C9H14NO6P. The summed E-state index contributed by atoms with van der Waals surface area (Å²) >= 11 is 0. The van der Waals surface area contributed by atoms with E-state index in [-0.39, 0.29) is 23.5 Å². The molecule has 1 atom stereocenters. The zero-order chi connectivity index (χ0) is 13.2. The van der Waals surface area contributed by atoms with Gasteiger partial charge in [-0.3, -0.25) is 19.0 Å². The second-order valence-electron chi connectivity index (χ2n) is 3.85. The quantitative estimate of drug-likeness (QED) is 0.400. The third-order valence-electron chi connectivity index (χ3n) is 2.65. The van der Waals surface area contributed by atoms with E-state index in [4.69, 9.17) is 9.79 Å². The summed E-state index contributed by atoms with van der Waals surface area (Å²) < 4.78 is 14.9. The van der Waals surface area contributed by atoms with Crippen molar-refractivity contribution in [2.24, 2.45) is 0 Å². The second-order valence-corrected chi connectivity index (χ2v) is 5.09. The van der Waals surface area contributed by atoms with Crippen LogP contribution in [0.15, 0.2) is 11.1 Å². The predicted octanol–water partition coefficient (Wildman–Crippen LogP) is -0.506. The molecule has 1 rings (SSSR count). The van der Waals surface area contributed by atoms with Crippen LogP contribution in [0.3, 0.4) is 0 Å². The Labute approximate surface area is 98.3 Å². The predicted molar refractivity (Wildman–Crippen MR) is 58.2 cm³/mol. The smallest absolute Gasteiger partial charge is 0.303 e. The monoisotopic (exact) mass is 263 g/mol. The van der Waals surface area contributed by atoms with Crippen molar-refractivity contribution < 1.29 is 28.5 Å². The Morgan fingerprint density at radius 3 is 2.65 bits per heavy atom. The minimum atomic E-state index is -4.60. The van der Waals surface area contributed by atoms with Crippen molar-refractivity contribution in [2.75, 3.05) is 20.2 Å². The molecule has 1 heterocycles. The van der Waals surface area contributed by atoms with Gasteiger partial charge in [-0.1, -0.05) is 0 Å². The van der Waals surface area contributed by atoms with Crippen LogP contribution in [0.2, 0.25) is 0 Å². The van der Waals surface area contributed by atoms with E-state index in [1.165, 1.54) is 0 Å². The molecule has 1 aliphatic rings. The summed E-state index contributed by atoms with van der Waals surface area (Å²) in [6.07, 6.45) is 0.407. The van der Waals surface area contributed by atoms with Gasteiger partial charge in [-0.05, 0) is 19.5 Å². The van der Waals surface area contributed by atoms with E-state index in [0.717, 1.165) is 0 Å². The molecule has 0 aliphatic carbocycles.